The van der Waals surface area contributed by atoms with Crippen LogP contribution in [0.4, 0.5) is 0 Å². The van der Waals surface area contributed by atoms with Gasteiger partial charge in [0.15, 0.2) is 0 Å². The topological polar surface area (TPSA) is 66.6 Å². The van der Waals surface area contributed by atoms with E-state index in [0.29, 0.717) is 13.1 Å². The minimum absolute atomic E-state index is 0.0687. The van der Waals surface area contributed by atoms with E-state index in [2.05, 4.69) is 0 Å². The van der Waals surface area contributed by atoms with Gasteiger partial charge in [-0.05, 0) is 13.3 Å². The summed E-state index contributed by atoms with van der Waals surface area (Å²) in [5, 5.41) is 9.78. The van der Waals surface area contributed by atoms with Gasteiger partial charge in [-0.3, -0.25) is 4.79 Å². The molecule has 1 amide bonds. The van der Waals surface area contributed by atoms with Gasteiger partial charge in [-0.25, -0.2) is 0 Å². The van der Waals surface area contributed by atoms with Crippen molar-refractivity contribution in [2.24, 2.45) is 5.73 Å². The molecule has 0 radical (unpaired) electrons. The molecule has 1 aliphatic heterocycles. The molecule has 1 unspecified atom stereocenters. The van der Waals surface area contributed by atoms with Crippen LogP contribution in [0.25, 0.3) is 0 Å². The number of nitrogens with zero attached hydrogens (tertiary/aromatic N) is 1. The van der Waals surface area contributed by atoms with Gasteiger partial charge in [0.1, 0.15) is 0 Å². The quantitative estimate of drug-likeness (QED) is 0.636. The summed E-state index contributed by atoms with van der Waals surface area (Å²) in [7, 11) is 0. The molecule has 1 fully saturated rings. The van der Waals surface area contributed by atoms with Gasteiger partial charge in [-0.2, -0.15) is 0 Å². The van der Waals surface area contributed by atoms with Crippen LogP contribution in [0.15, 0.2) is 0 Å². The first-order chi connectivity index (χ1) is 5.98. The highest BCUT2D eigenvalue weighted by molar-refractivity contribution is 5.82. The smallest absolute Gasteiger partial charge is 0.239 e. The van der Waals surface area contributed by atoms with E-state index >= 15 is 0 Å². The molecule has 3 N–H and O–H groups in total. The predicted octanol–water partition coefficient (Wildman–Crippen LogP) is -0.293. The lowest BCUT2D eigenvalue weighted by Crippen LogP contribution is -2.65. The van der Waals surface area contributed by atoms with Gasteiger partial charge in [0.2, 0.25) is 5.91 Å². The van der Waals surface area contributed by atoms with Gasteiger partial charge in [0, 0.05) is 0 Å². The molecule has 1 heterocycles. The molecule has 0 spiro atoms. The zero-order valence-electron chi connectivity index (χ0n) is 8.29. The molecule has 0 aromatic heterocycles. The first-order valence-electron chi connectivity index (χ1n) is 4.75. The molecule has 4 heteroatoms. The lowest BCUT2D eigenvalue weighted by atomic mass is 9.89. The number of hydrogen-bond donors (Lipinski definition) is 2. The third-order valence-electron chi connectivity index (χ3n) is 2.39. The Kier molecular flexibility index (Phi) is 2.93. The molecular weight excluding hydrogens is 168 g/mol. The van der Waals surface area contributed by atoms with E-state index in [9.17, 15) is 9.90 Å². The molecule has 1 atom stereocenters. The van der Waals surface area contributed by atoms with E-state index in [0.717, 1.165) is 12.8 Å². The van der Waals surface area contributed by atoms with Crippen molar-refractivity contribution in [3.05, 3.63) is 0 Å². The summed E-state index contributed by atoms with van der Waals surface area (Å²) >= 11 is 0. The summed E-state index contributed by atoms with van der Waals surface area (Å²) in [6.07, 6.45) is 1.70. The fourth-order valence-electron chi connectivity index (χ4n) is 1.73. The summed E-state index contributed by atoms with van der Waals surface area (Å²) in [6.45, 7) is 4.58. The van der Waals surface area contributed by atoms with E-state index in [1.165, 1.54) is 0 Å². The molecule has 13 heavy (non-hydrogen) atoms. The lowest BCUT2D eigenvalue weighted by molar-refractivity contribution is -0.157. The largest absolute Gasteiger partial charge is 0.386 e. The van der Waals surface area contributed by atoms with Crippen LogP contribution in [0.2, 0.25) is 0 Å². The van der Waals surface area contributed by atoms with Crippen LogP contribution in [0.1, 0.15) is 26.7 Å². The molecule has 0 aromatic carbocycles. The van der Waals surface area contributed by atoms with Gasteiger partial charge >= 0.3 is 0 Å². The van der Waals surface area contributed by atoms with Crippen LogP contribution in [-0.4, -0.2) is 40.6 Å². The number of aliphatic hydroxyl groups is 1. The minimum atomic E-state index is -0.640. The summed E-state index contributed by atoms with van der Waals surface area (Å²) < 4.78 is 0. The highest BCUT2D eigenvalue weighted by atomic mass is 16.3. The maximum absolute atomic E-state index is 11.3. The predicted molar refractivity (Wildman–Crippen MR) is 50.1 cm³/mol. The second-order valence-electron chi connectivity index (χ2n) is 3.96. The maximum Gasteiger partial charge on any atom is 0.239 e. The number of β-amino-alcohol motifs (C(OH)–C–C–N with tert-alkyl or cyclic N) is 1. The highest BCUT2D eigenvalue weighted by Gasteiger charge is 2.43. The van der Waals surface area contributed by atoms with Crippen LogP contribution in [0.3, 0.4) is 0 Å². The van der Waals surface area contributed by atoms with Crippen LogP contribution in [0, 0.1) is 0 Å². The van der Waals surface area contributed by atoms with Gasteiger partial charge < -0.3 is 15.7 Å². The Morgan fingerprint density at radius 3 is 2.62 bits per heavy atom. The second kappa shape index (κ2) is 3.64. The van der Waals surface area contributed by atoms with Crippen molar-refractivity contribution < 1.29 is 9.90 Å². The summed E-state index contributed by atoms with van der Waals surface area (Å²) in [5.74, 6) is -0.0687. The number of hydrogen-bond acceptors (Lipinski definition) is 3. The molecule has 0 saturated carbocycles. The highest BCUT2D eigenvalue weighted by Crippen LogP contribution is 2.25. The molecular formula is C9H18N2O2. The van der Waals surface area contributed by atoms with E-state index in [1.54, 1.807) is 11.8 Å². The SMILES string of the molecule is CCCC1(O)CN(C(=O)C(C)N)C1. The molecule has 4 nitrogen and oxygen atoms in total. The first-order valence-corrected chi connectivity index (χ1v) is 4.75. The van der Waals surface area contributed by atoms with Crippen LogP contribution in [-0.2, 0) is 4.79 Å². The number of likely N-dealkylation sites (tertiary alicyclic amines) is 1. The Balaban J connectivity index is 2.36. The fraction of sp³-hybridized carbons (Fsp3) is 0.889. The van der Waals surface area contributed by atoms with Gasteiger partial charge in [-0.15, -0.1) is 0 Å². The molecule has 1 aliphatic rings. The van der Waals surface area contributed by atoms with Crippen molar-refractivity contribution in [3.63, 3.8) is 0 Å². The third-order valence-corrected chi connectivity index (χ3v) is 2.39. The molecule has 0 bridgehead atoms. The van der Waals surface area contributed by atoms with Crippen LogP contribution >= 0.6 is 0 Å². The van der Waals surface area contributed by atoms with Crippen molar-refractivity contribution in [2.45, 2.75) is 38.3 Å². The number of carbonyl (C=O) groups is 1. The Hall–Kier alpha value is -0.610. The number of nitrogens with two attached hydrogens (primary N) is 1. The van der Waals surface area contributed by atoms with Crippen LogP contribution < -0.4 is 5.73 Å². The molecule has 1 rings (SSSR count). The van der Waals surface area contributed by atoms with E-state index in [-0.39, 0.29) is 5.91 Å². The Bertz CT molecular complexity index is 198. The van der Waals surface area contributed by atoms with E-state index < -0.39 is 11.6 Å². The van der Waals surface area contributed by atoms with E-state index in [1.807, 2.05) is 6.92 Å². The van der Waals surface area contributed by atoms with Gasteiger partial charge in [0.05, 0.1) is 24.7 Å². The zero-order valence-corrected chi connectivity index (χ0v) is 8.29. The molecule has 1 saturated heterocycles. The van der Waals surface area contributed by atoms with E-state index in [4.69, 9.17) is 5.73 Å². The average Bonchev–Trinajstić information content (AvgIpc) is 1.99. The molecule has 0 aliphatic carbocycles. The Labute approximate surface area is 78.7 Å². The average molecular weight is 186 g/mol. The minimum Gasteiger partial charge on any atom is -0.386 e. The lowest BCUT2D eigenvalue weighted by Gasteiger charge is -2.47. The summed E-state index contributed by atoms with van der Waals surface area (Å²) in [5.41, 5.74) is 4.80. The number of carbonyl (C=O) groups excluding carboxylic acids is 1. The van der Waals surface area contributed by atoms with Gasteiger partial charge in [0.25, 0.3) is 0 Å². The normalized spacial score (nSPS) is 22.3. The standard InChI is InChI=1S/C9H18N2O2/c1-3-4-9(13)5-11(6-9)8(12)7(2)10/h7,13H,3-6,10H2,1-2H3. The maximum atomic E-state index is 11.3. The molecule has 76 valence electrons. The van der Waals surface area contributed by atoms with Crippen LogP contribution in [0.5, 0.6) is 0 Å². The monoisotopic (exact) mass is 186 g/mol. The second-order valence-corrected chi connectivity index (χ2v) is 3.96. The number of amides is 1. The van der Waals surface area contributed by atoms with Crippen molar-refractivity contribution in [2.75, 3.05) is 13.1 Å². The summed E-state index contributed by atoms with van der Waals surface area (Å²) in [6, 6.07) is -0.453. The third kappa shape index (κ3) is 2.19. The van der Waals surface area contributed by atoms with Gasteiger partial charge in [-0.1, -0.05) is 13.3 Å². The van der Waals surface area contributed by atoms with Crippen molar-refractivity contribution in [1.29, 1.82) is 0 Å². The Morgan fingerprint density at radius 2 is 2.23 bits per heavy atom. The van der Waals surface area contributed by atoms with Crippen molar-refractivity contribution >= 4 is 5.91 Å². The van der Waals surface area contributed by atoms with Crippen molar-refractivity contribution in [3.8, 4) is 0 Å². The fourth-order valence-corrected chi connectivity index (χ4v) is 1.73. The zero-order chi connectivity index (χ0) is 10.1. The molecule has 0 aromatic rings. The first kappa shape index (κ1) is 10.5. The Morgan fingerprint density at radius 1 is 1.69 bits per heavy atom. The number of rotatable bonds is 3. The summed E-state index contributed by atoms with van der Waals surface area (Å²) in [4.78, 5) is 12.9. The van der Waals surface area contributed by atoms with Crippen molar-refractivity contribution in [1.82, 2.24) is 4.90 Å².